The number of ether oxygens (including phenoxy) is 1. The first kappa shape index (κ1) is 20.1. The van der Waals surface area contributed by atoms with Crippen LogP contribution in [0.25, 0.3) is 5.69 Å². The van der Waals surface area contributed by atoms with Gasteiger partial charge < -0.3 is 4.74 Å². The molecule has 0 atom stereocenters. The third-order valence-corrected chi connectivity index (χ3v) is 5.50. The minimum absolute atomic E-state index is 0.114. The first-order chi connectivity index (χ1) is 14.6. The van der Waals surface area contributed by atoms with E-state index in [1.165, 1.54) is 18.9 Å². The zero-order chi connectivity index (χ0) is 20.9. The fourth-order valence-electron chi connectivity index (χ4n) is 3.89. The topological polar surface area (TPSA) is 79.0 Å². The Hall–Kier alpha value is -3.22. The van der Waals surface area contributed by atoms with Gasteiger partial charge in [0, 0.05) is 25.7 Å². The second kappa shape index (κ2) is 9.07. The maximum atomic E-state index is 12.3. The summed E-state index contributed by atoms with van der Waals surface area (Å²) in [5.74, 6) is 0.322. The fraction of sp³-hybridized carbons (Fsp3) is 0.391. The lowest BCUT2D eigenvalue weighted by Gasteiger charge is -2.10. The van der Waals surface area contributed by atoms with Crippen LogP contribution in [0.3, 0.4) is 0 Å². The molecule has 3 aromatic rings. The molecule has 7 nitrogen and oxygen atoms in total. The lowest BCUT2D eigenvalue weighted by Crippen LogP contribution is -2.16. The van der Waals surface area contributed by atoms with Crippen LogP contribution < -0.4 is 5.43 Å². The number of carbonyl (C=O) groups is 1. The molecule has 2 aromatic heterocycles. The van der Waals surface area contributed by atoms with Gasteiger partial charge in [0.25, 0.3) is 0 Å². The van der Waals surface area contributed by atoms with Gasteiger partial charge in [0.2, 0.25) is 5.43 Å². The summed E-state index contributed by atoms with van der Waals surface area (Å²) in [6, 6.07) is 9.21. The highest BCUT2D eigenvalue weighted by atomic mass is 16.5. The second-order valence-corrected chi connectivity index (χ2v) is 7.95. The summed E-state index contributed by atoms with van der Waals surface area (Å²) in [5, 5.41) is 8.62. The largest absolute Gasteiger partial charge is 0.465 e. The molecule has 1 aliphatic rings. The number of benzene rings is 1. The Kier molecular flexibility index (Phi) is 6.07. The van der Waals surface area contributed by atoms with Crippen molar-refractivity contribution < 1.29 is 9.53 Å². The summed E-state index contributed by atoms with van der Waals surface area (Å²) in [4.78, 5) is 24.5. The normalized spacial score (nSPS) is 14.2. The molecule has 1 saturated carbocycles. The van der Waals surface area contributed by atoms with Gasteiger partial charge in [0.1, 0.15) is 11.4 Å². The Morgan fingerprint density at radius 2 is 2.00 bits per heavy atom. The molecule has 7 heteroatoms. The van der Waals surface area contributed by atoms with Crippen molar-refractivity contribution in [1.82, 2.24) is 19.6 Å². The first-order valence-corrected chi connectivity index (χ1v) is 10.4. The number of esters is 1. The van der Waals surface area contributed by atoms with E-state index in [0.717, 1.165) is 29.7 Å². The SMILES string of the molecule is Cn1cc(-n2ccc(=O)c(Cc3cccc(CC(=O)OCC4CCCC4)c3)n2)cn1. The van der Waals surface area contributed by atoms with Crippen molar-refractivity contribution in [2.45, 2.75) is 38.5 Å². The standard InChI is InChI=1S/C23H26N4O3/c1-26-15-20(14-24-26)27-10-9-22(28)21(25-27)12-18-7-4-8-19(11-18)13-23(29)30-16-17-5-2-3-6-17/h4,7-11,14-15,17H,2-3,5-6,12-13,16H2,1H3. The number of nitrogens with zero attached hydrogens (tertiary/aromatic N) is 4. The molecule has 1 fully saturated rings. The van der Waals surface area contributed by atoms with Gasteiger partial charge in [-0.3, -0.25) is 14.3 Å². The summed E-state index contributed by atoms with van der Waals surface area (Å²) >= 11 is 0. The van der Waals surface area contributed by atoms with Crippen molar-refractivity contribution in [1.29, 1.82) is 0 Å². The molecule has 156 valence electrons. The molecule has 0 spiro atoms. The minimum atomic E-state index is -0.198. The van der Waals surface area contributed by atoms with Gasteiger partial charge in [-0.15, -0.1) is 0 Å². The van der Waals surface area contributed by atoms with Gasteiger partial charge in [-0.25, -0.2) is 4.68 Å². The highest BCUT2D eigenvalue weighted by molar-refractivity contribution is 5.72. The van der Waals surface area contributed by atoms with Crippen LogP contribution in [0, 0.1) is 5.92 Å². The average Bonchev–Trinajstić information content (AvgIpc) is 3.40. The van der Waals surface area contributed by atoms with Gasteiger partial charge in [0.15, 0.2) is 0 Å². The minimum Gasteiger partial charge on any atom is -0.465 e. The predicted molar refractivity (Wildman–Crippen MR) is 112 cm³/mol. The third-order valence-electron chi connectivity index (χ3n) is 5.50. The van der Waals surface area contributed by atoms with Gasteiger partial charge in [-0.2, -0.15) is 10.2 Å². The van der Waals surface area contributed by atoms with Crippen molar-refractivity contribution in [3.63, 3.8) is 0 Å². The summed E-state index contributed by atoms with van der Waals surface area (Å²) in [6.45, 7) is 0.528. The molecule has 4 rings (SSSR count). The van der Waals surface area contributed by atoms with Crippen molar-refractivity contribution >= 4 is 5.97 Å². The van der Waals surface area contributed by atoms with Crippen LogP contribution in [0.15, 0.2) is 53.7 Å². The molecular formula is C23H26N4O3. The predicted octanol–water partition coefficient (Wildman–Crippen LogP) is 2.83. The Labute approximate surface area is 175 Å². The Morgan fingerprint density at radius 1 is 1.20 bits per heavy atom. The van der Waals surface area contributed by atoms with Crippen LogP contribution in [0.1, 0.15) is 42.5 Å². The lowest BCUT2D eigenvalue weighted by molar-refractivity contribution is -0.144. The summed E-state index contributed by atoms with van der Waals surface area (Å²) in [6.07, 6.45) is 10.6. The van der Waals surface area contributed by atoms with E-state index in [-0.39, 0.29) is 17.8 Å². The summed E-state index contributed by atoms with van der Waals surface area (Å²) < 4.78 is 8.79. The van der Waals surface area contributed by atoms with E-state index in [1.54, 1.807) is 21.8 Å². The van der Waals surface area contributed by atoms with E-state index in [9.17, 15) is 9.59 Å². The second-order valence-electron chi connectivity index (χ2n) is 7.95. The van der Waals surface area contributed by atoms with Gasteiger partial charge in [-0.05, 0) is 29.9 Å². The molecule has 0 saturated heterocycles. The first-order valence-electron chi connectivity index (χ1n) is 10.4. The lowest BCUT2D eigenvalue weighted by atomic mass is 10.0. The number of carbonyl (C=O) groups excluding carboxylic acids is 1. The van der Waals surface area contributed by atoms with E-state index < -0.39 is 0 Å². The number of hydrogen-bond acceptors (Lipinski definition) is 5. The Balaban J connectivity index is 1.42. The van der Waals surface area contributed by atoms with Crippen molar-refractivity contribution in [2.75, 3.05) is 6.61 Å². The van der Waals surface area contributed by atoms with Crippen molar-refractivity contribution in [2.24, 2.45) is 13.0 Å². The third kappa shape index (κ3) is 5.03. The zero-order valence-electron chi connectivity index (χ0n) is 17.2. The number of hydrogen-bond donors (Lipinski definition) is 0. The number of rotatable bonds is 7. The number of aryl methyl sites for hydroxylation is 1. The molecular weight excluding hydrogens is 380 g/mol. The molecule has 0 radical (unpaired) electrons. The van der Waals surface area contributed by atoms with Crippen LogP contribution >= 0.6 is 0 Å². The molecule has 0 aliphatic heterocycles. The number of aromatic nitrogens is 4. The van der Waals surface area contributed by atoms with Crippen LogP contribution in [-0.4, -0.2) is 32.1 Å². The van der Waals surface area contributed by atoms with Crippen LogP contribution in [-0.2, 0) is 29.4 Å². The molecule has 0 N–H and O–H groups in total. The van der Waals surface area contributed by atoms with Crippen LogP contribution in [0.5, 0.6) is 0 Å². The monoisotopic (exact) mass is 406 g/mol. The smallest absolute Gasteiger partial charge is 0.310 e. The van der Waals surface area contributed by atoms with E-state index in [1.807, 2.05) is 37.5 Å². The maximum Gasteiger partial charge on any atom is 0.310 e. The Morgan fingerprint density at radius 3 is 2.77 bits per heavy atom. The van der Waals surface area contributed by atoms with Gasteiger partial charge >= 0.3 is 5.97 Å². The molecule has 2 heterocycles. The van der Waals surface area contributed by atoms with E-state index in [2.05, 4.69) is 10.2 Å². The van der Waals surface area contributed by atoms with E-state index in [0.29, 0.717) is 24.6 Å². The average molecular weight is 406 g/mol. The molecule has 1 aliphatic carbocycles. The summed E-state index contributed by atoms with van der Waals surface area (Å²) in [7, 11) is 1.83. The van der Waals surface area contributed by atoms with Gasteiger partial charge in [0.05, 0.1) is 25.4 Å². The molecule has 1 aromatic carbocycles. The zero-order valence-corrected chi connectivity index (χ0v) is 17.2. The summed E-state index contributed by atoms with van der Waals surface area (Å²) in [5.41, 5.74) is 2.94. The van der Waals surface area contributed by atoms with E-state index in [4.69, 9.17) is 4.74 Å². The van der Waals surface area contributed by atoms with Crippen molar-refractivity contribution in [3.8, 4) is 5.69 Å². The molecule has 0 bridgehead atoms. The van der Waals surface area contributed by atoms with Crippen LogP contribution in [0.2, 0.25) is 0 Å². The quantitative estimate of drug-likeness (QED) is 0.564. The maximum absolute atomic E-state index is 12.3. The van der Waals surface area contributed by atoms with Crippen molar-refractivity contribution in [3.05, 3.63) is 76.0 Å². The Bertz CT molecular complexity index is 1080. The highest BCUT2D eigenvalue weighted by Gasteiger charge is 2.17. The molecule has 0 amide bonds. The van der Waals surface area contributed by atoms with Gasteiger partial charge in [-0.1, -0.05) is 37.1 Å². The molecule has 0 unspecified atom stereocenters. The highest BCUT2D eigenvalue weighted by Crippen LogP contribution is 2.24. The molecule has 30 heavy (non-hydrogen) atoms. The van der Waals surface area contributed by atoms with E-state index >= 15 is 0 Å². The fourth-order valence-corrected chi connectivity index (χ4v) is 3.89. The van der Waals surface area contributed by atoms with Crippen LogP contribution in [0.4, 0.5) is 0 Å².